The van der Waals surface area contributed by atoms with E-state index in [1.54, 1.807) is 11.8 Å². The van der Waals surface area contributed by atoms with Gasteiger partial charge in [-0.25, -0.2) is 0 Å². The maximum Gasteiger partial charge on any atom is 0.228 e. The number of ether oxygens (including phenoxy) is 1. The van der Waals surface area contributed by atoms with Gasteiger partial charge in [0, 0.05) is 28.9 Å². The number of hydrogen-bond acceptors (Lipinski definition) is 6. The van der Waals surface area contributed by atoms with E-state index in [0.29, 0.717) is 30.5 Å². The molecule has 0 radical (unpaired) electrons. The number of morpholine rings is 1. The summed E-state index contributed by atoms with van der Waals surface area (Å²) in [6, 6.07) is 7.99. The smallest absolute Gasteiger partial charge is 0.228 e. The summed E-state index contributed by atoms with van der Waals surface area (Å²) in [4.78, 5) is 5.51. The van der Waals surface area contributed by atoms with Crippen LogP contribution in [-0.4, -0.2) is 35.9 Å². The topological polar surface area (TPSA) is 60.2 Å². The second kappa shape index (κ2) is 7.26. The number of nitrogens with zero attached hydrogens (tertiary/aromatic N) is 2. The predicted octanol–water partition coefficient (Wildman–Crippen LogP) is 2.55. The van der Waals surface area contributed by atoms with Gasteiger partial charge < -0.3 is 14.6 Å². The molecule has 1 N–H and O–H groups in total. The second-order valence-corrected chi connectivity index (χ2v) is 6.27. The van der Waals surface area contributed by atoms with Crippen LogP contribution >= 0.6 is 23.4 Å². The maximum absolute atomic E-state index is 5.96. The summed E-state index contributed by atoms with van der Waals surface area (Å²) < 4.78 is 10.7. The summed E-state index contributed by atoms with van der Waals surface area (Å²) in [5, 5.41) is 8.11. The first kappa shape index (κ1) is 14.8. The van der Waals surface area contributed by atoms with Crippen molar-refractivity contribution >= 4 is 23.4 Å². The lowest BCUT2D eigenvalue weighted by Crippen LogP contribution is -2.42. The molecule has 21 heavy (non-hydrogen) atoms. The van der Waals surface area contributed by atoms with E-state index >= 15 is 0 Å². The van der Waals surface area contributed by atoms with Gasteiger partial charge in [0.2, 0.25) is 5.89 Å². The van der Waals surface area contributed by atoms with Crippen molar-refractivity contribution in [3.05, 3.63) is 41.0 Å². The van der Waals surface area contributed by atoms with Gasteiger partial charge in [-0.3, -0.25) is 0 Å². The van der Waals surface area contributed by atoms with Crippen LogP contribution in [0.3, 0.4) is 0 Å². The lowest BCUT2D eigenvalue weighted by Gasteiger charge is -2.22. The van der Waals surface area contributed by atoms with Crippen molar-refractivity contribution in [3.8, 4) is 0 Å². The Bertz CT molecular complexity index is 587. The van der Waals surface area contributed by atoms with Crippen LogP contribution in [0, 0.1) is 0 Å². The van der Waals surface area contributed by atoms with Crippen LogP contribution in [0.2, 0.25) is 5.02 Å². The quantitative estimate of drug-likeness (QED) is 0.853. The summed E-state index contributed by atoms with van der Waals surface area (Å²) in [5.41, 5.74) is 0. The Kier molecular flexibility index (Phi) is 5.13. The predicted molar refractivity (Wildman–Crippen MR) is 81.6 cm³/mol. The average molecular weight is 326 g/mol. The Labute approximate surface area is 132 Å². The van der Waals surface area contributed by atoms with Crippen molar-refractivity contribution in [2.45, 2.75) is 23.1 Å². The van der Waals surface area contributed by atoms with Gasteiger partial charge in [0.05, 0.1) is 19.0 Å². The second-order valence-electron chi connectivity index (χ2n) is 4.78. The summed E-state index contributed by atoms with van der Waals surface area (Å²) in [6.07, 6.45) is 0.703. The highest BCUT2D eigenvalue weighted by molar-refractivity contribution is 7.98. The lowest BCUT2D eigenvalue weighted by atomic mass is 10.2. The molecule has 1 aliphatic heterocycles. The van der Waals surface area contributed by atoms with Crippen LogP contribution in [0.4, 0.5) is 0 Å². The SMILES string of the molecule is Clc1cccc(SCc2noc(CC3COCCN3)n2)c1. The van der Waals surface area contributed by atoms with E-state index in [4.69, 9.17) is 20.9 Å². The highest BCUT2D eigenvalue weighted by Crippen LogP contribution is 2.24. The van der Waals surface area contributed by atoms with E-state index in [1.807, 2.05) is 24.3 Å². The van der Waals surface area contributed by atoms with Crippen LogP contribution in [0.1, 0.15) is 11.7 Å². The maximum atomic E-state index is 5.96. The summed E-state index contributed by atoms with van der Waals surface area (Å²) >= 11 is 7.59. The summed E-state index contributed by atoms with van der Waals surface area (Å²) in [7, 11) is 0. The number of benzene rings is 1. The summed E-state index contributed by atoms with van der Waals surface area (Å²) in [6.45, 7) is 2.33. The molecule has 0 bridgehead atoms. The van der Waals surface area contributed by atoms with Crippen LogP contribution in [0.5, 0.6) is 0 Å². The first-order valence-corrected chi connectivity index (χ1v) is 8.17. The molecule has 1 saturated heterocycles. The van der Waals surface area contributed by atoms with E-state index in [1.165, 1.54) is 0 Å². The molecule has 1 aliphatic rings. The van der Waals surface area contributed by atoms with E-state index in [2.05, 4.69) is 15.5 Å². The molecule has 2 heterocycles. The van der Waals surface area contributed by atoms with Gasteiger partial charge in [0.15, 0.2) is 5.82 Å². The normalized spacial score (nSPS) is 18.8. The van der Waals surface area contributed by atoms with E-state index in [9.17, 15) is 0 Å². The lowest BCUT2D eigenvalue weighted by molar-refractivity contribution is 0.0744. The Hall–Kier alpha value is -1.08. The van der Waals surface area contributed by atoms with Gasteiger partial charge in [-0.15, -0.1) is 11.8 Å². The first-order chi connectivity index (χ1) is 10.3. The van der Waals surface area contributed by atoms with Crippen LogP contribution in [0.25, 0.3) is 0 Å². The molecule has 5 nitrogen and oxygen atoms in total. The largest absolute Gasteiger partial charge is 0.378 e. The molecule has 1 unspecified atom stereocenters. The molecule has 2 aromatic rings. The molecule has 0 amide bonds. The zero-order chi connectivity index (χ0) is 14.5. The molecule has 0 aliphatic carbocycles. The zero-order valence-corrected chi connectivity index (χ0v) is 13.0. The Morgan fingerprint density at radius 1 is 1.43 bits per heavy atom. The standard InChI is InChI=1S/C14H16ClN3O2S/c15-10-2-1-3-12(6-10)21-9-13-17-14(20-18-13)7-11-8-19-5-4-16-11/h1-3,6,11,16H,4-5,7-9H2. The monoisotopic (exact) mass is 325 g/mol. The Morgan fingerprint density at radius 3 is 3.19 bits per heavy atom. The van der Waals surface area contributed by atoms with Gasteiger partial charge in [-0.05, 0) is 18.2 Å². The van der Waals surface area contributed by atoms with Crippen LogP contribution < -0.4 is 5.32 Å². The molecule has 1 fully saturated rings. The van der Waals surface area contributed by atoms with Crippen molar-refractivity contribution < 1.29 is 9.26 Å². The van der Waals surface area contributed by atoms with Crippen LogP contribution in [-0.2, 0) is 16.9 Å². The Balaban J connectivity index is 1.52. The third-order valence-corrected chi connectivity index (χ3v) is 4.32. The summed E-state index contributed by atoms with van der Waals surface area (Å²) in [5.74, 6) is 2.02. The molecule has 1 aromatic heterocycles. The minimum absolute atomic E-state index is 0.257. The number of halogens is 1. The molecule has 3 rings (SSSR count). The minimum Gasteiger partial charge on any atom is -0.378 e. The van der Waals surface area contributed by atoms with Crippen molar-refractivity contribution in [1.29, 1.82) is 0 Å². The molecule has 0 spiro atoms. The van der Waals surface area contributed by atoms with Crippen molar-refractivity contribution in [2.75, 3.05) is 19.8 Å². The molecular formula is C14H16ClN3O2S. The number of nitrogens with one attached hydrogen (secondary N) is 1. The van der Waals surface area contributed by atoms with Gasteiger partial charge in [-0.1, -0.05) is 22.8 Å². The van der Waals surface area contributed by atoms with E-state index in [0.717, 1.165) is 23.1 Å². The fourth-order valence-electron chi connectivity index (χ4n) is 2.10. The highest BCUT2D eigenvalue weighted by Gasteiger charge is 2.17. The van der Waals surface area contributed by atoms with Gasteiger partial charge in [0.1, 0.15) is 0 Å². The fourth-order valence-corrected chi connectivity index (χ4v) is 3.15. The number of thioether (sulfide) groups is 1. The number of aromatic nitrogens is 2. The fraction of sp³-hybridized carbons (Fsp3) is 0.429. The molecule has 1 atom stereocenters. The average Bonchev–Trinajstić information content (AvgIpc) is 2.94. The van der Waals surface area contributed by atoms with Gasteiger partial charge in [0.25, 0.3) is 0 Å². The van der Waals surface area contributed by atoms with Gasteiger partial charge >= 0.3 is 0 Å². The number of rotatable bonds is 5. The zero-order valence-electron chi connectivity index (χ0n) is 11.4. The third kappa shape index (κ3) is 4.44. The van der Waals surface area contributed by atoms with Crippen LogP contribution in [0.15, 0.2) is 33.7 Å². The Morgan fingerprint density at radius 2 is 2.38 bits per heavy atom. The van der Waals surface area contributed by atoms with Crippen molar-refractivity contribution in [2.24, 2.45) is 0 Å². The first-order valence-electron chi connectivity index (χ1n) is 6.80. The molecule has 0 saturated carbocycles. The third-order valence-electron chi connectivity index (χ3n) is 3.09. The minimum atomic E-state index is 0.257. The molecule has 112 valence electrons. The van der Waals surface area contributed by atoms with E-state index < -0.39 is 0 Å². The molecule has 1 aromatic carbocycles. The van der Waals surface area contributed by atoms with Gasteiger partial charge in [-0.2, -0.15) is 4.98 Å². The van der Waals surface area contributed by atoms with Crippen molar-refractivity contribution in [1.82, 2.24) is 15.5 Å². The number of hydrogen-bond donors (Lipinski definition) is 1. The highest BCUT2D eigenvalue weighted by atomic mass is 35.5. The molecule has 7 heteroatoms. The van der Waals surface area contributed by atoms with Crippen molar-refractivity contribution in [3.63, 3.8) is 0 Å². The molecular weight excluding hydrogens is 310 g/mol. The van der Waals surface area contributed by atoms with E-state index in [-0.39, 0.29) is 6.04 Å².